The zero-order chi connectivity index (χ0) is 28.3. The van der Waals surface area contributed by atoms with Crippen molar-refractivity contribution in [2.75, 3.05) is 6.26 Å². The lowest BCUT2D eigenvalue weighted by atomic mass is 10.0. The van der Waals surface area contributed by atoms with Crippen molar-refractivity contribution < 1.29 is 17.9 Å². The highest BCUT2D eigenvalue weighted by Crippen LogP contribution is 2.36. The summed E-state index contributed by atoms with van der Waals surface area (Å²) in [6.07, 6.45) is 7.55. The minimum atomic E-state index is -3.32. The summed E-state index contributed by atoms with van der Waals surface area (Å²) in [5.74, 6) is 1.76. The number of nitrogens with zero attached hydrogens (tertiary/aromatic N) is 4. The highest BCUT2D eigenvalue weighted by molar-refractivity contribution is 14.1. The van der Waals surface area contributed by atoms with Crippen molar-refractivity contribution >= 4 is 65.6 Å². The SMILES string of the molecule is CC[C@@H](Cc1ccccc1OCc1cnc(-c2cccc(S(C)(=O)=O)c2)nc1)Oc1nsc2cnc(Cl)c(I)c12. The lowest BCUT2D eigenvalue weighted by Gasteiger charge is -2.19. The van der Waals surface area contributed by atoms with Crippen molar-refractivity contribution in [1.29, 1.82) is 0 Å². The molecule has 206 valence electrons. The molecule has 0 saturated carbocycles. The van der Waals surface area contributed by atoms with Gasteiger partial charge in [0.1, 0.15) is 23.6 Å². The second kappa shape index (κ2) is 12.3. The molecule has 3 heterocycles. The van der Waals surface area contributed by atoms with Gasteiger partial charge < -0.3 is 9.47 Å². The molecule has 0 radical (unpaired) electrons. The molecule has 40 heavy (non-hydrogen) atoms. The largest absolute Gasteiger partial charge is 0.489 e. The van der Waals surface area contributed by atoms with Gasteiger partial charge in [0.15, 0.2) is 15.7 Å². The number of hydrogen-bond donors (Lipinski definition) is 0. The Labute approximate surface area is 255 Å². The second-order valence-electron chi connectivity index (χ2n) is 9.05. The number of aromatic nitrogens is 4. The van der Waals surface area contributed by atoms with Crippen LogP contribution in [0.2, 0.25) is 5.15 Å². The summed E-state index contributed by atoms with van der Waals surface area (Å²) in [6.45, 7) is 2.35. The third kappa shape index (κ3) is 6.54. The Morgan fingerprint density at radius 1 is 1.05 bits per heavy atom. The fourth-order valence-electron chi connectivity index (χ4n) is 4.02. The van der Waals surface area contributed by atoms with Crippen LogP contribution in [0.25, 0.3) is 21.5 Å². The number of hydrogen-bond acceptors (Lipinski definition) is 9. The average Bonchev–Trinajstić information content (AvgIpc) is 3.37. The topological polar surface area (TPSA) is 104 Å². The van der Waals surface area contributed by atoms with Crippen LogP contribution >= 0.6 is 45.7 Å². The first-order chi connectivity index (χ1) is 19.2. The molecular formula is C28H24ClIN4O4S2. The third-order valence-corrected chi connectivity index (χ3v) is 9.69. The quantitative estimate of drug-likeness (QED) is 0.116. The van der Waals surface area contributed by atoms with Crippen LogP contribution in [0.15, 0.2) is 72.0 Å². The zero-order valence-corrected chi connectivity index (χ0v) is 26.1. The molecule has 0 bridgehead atoms. The van der Waals surface area contributed by atoms with E-state index in [4.69, 9.17) is 21.1 Å². The fraction of sp³-hybridized carbons (Fsp3) is 0.214. The molecule has 3 aromatic heterocycles. The zero-order valence-electron chi connectivity index (χ0n) is 21.5. The van der Waals surface area contributed by atoms with Gasteiger partial charge in [-0.1, -0.05) is 48.9 Å². The molecule has 8 nitrogen and oxygen atoms in total. The number of para-hydroxylation sites is 1. The average molecular weight is 707 g/mol. The molecule has 0 saturated heterocycles. The van der Waals surface area contributed by atoms with E-state index in [2.05, 4.69) is 48.8 Å². The number of halogens is 2. The van der Waals surface area contributed by atoms with Crippen molar-refractivity contribution in [3.8, 4) is 23.0 Å². The van der Waals surface area contributed by atoms with Gasteiger partial charge in [0.05, 0.1) is 18.6 Å². The van der Waals surface area contributed by atoms with Crippen LogP contribution in [-0.4, -0.2) is 40.1 Å². The van der Waals surface area contributed by atoms with E-state index in [1.54, 1.807) is 42.9 Å². The van der Waals surface area contributed by atoms with E-state index >= 15 is 0 Å². The summed E-state index contributed by atoms with van der Waals surface area (Å²) in [4.78, 5) is 13.3. The predicted octanol–water partition coefficient (Wildman–Crippen LogP) is 6.79. The molecule has 2 aromatic carbocycles. The predicted molar refractivity (Wildman–Crippen MR) is 165 cm³/mol. The Bertz CT molecular complexity index is 1760. The first-order valence-corrected chi connectivity index (χ1v) is 16.4. The monoisotopic (exact) mass is 706 g/mol. The smallest absolute Gasteiger partial charge is 0.234 e. The fourth-order valence-corrected chi connectivity index (χ4v) is 6.37. The molecule has 0 unspecified atom stereocenters. The Hall–Kier alpha value is -2.87. The summed E-state index contributed by atoms with van der Waals surface area (Å²) >= 11 is 9.76. The van der Waals surface area contributed by atoms with Crippen LogP contribution in [0.3, 0.4) is 0 Å². The van der Waals surface area contributed by atoms with Crippen LogP contribution in [0.4, 0.5) is 0 Å². The van der Waals surface area contributed by atoms with E-state index < -0.39 is 9.84 Å². The molecule has 0 aliphatic rings. The molecule has 5 aromatic rings. The Morgan fingerprint density at radius 2 is 1.82 bits per heavy atom. The van der Waals surface area contributed by atoms with Gasteiger partial charge in [0, 0.05) is 42.4 Å². The van der Waals surface area contributed by atoms with Crippen molar-refractivity contribution in [3.05, 3.63) is 87.0 Å². The van der Waals surface area contributed by atoms with Crippen LogP contribution in [0.1, 0.15) is 24.5 Å². The number of pyridine rings is 1. The summed E-state index contributed by atoms with van der Waals surface area (Å²) in [7, 11) is -3.32. The minimum absolute atomic E-state index is 0.122. The molecule has 0 aliphatic heterocycles. The van der Waals surface area contributed by atoms with Gasteiger partial charge in [-0.3, -0.25) is 0 Å². The lowest BCUT2D eigenvalue weighted by Crippen LogP contribution is -2.19. The molecule has 0 spiro atoms. The Balaban J connectivity index is 1.27. The number of fused-ring (bicyclic) bond motifs is 1. The summed E-state index contributed by atoms with van der Waals surface area (Å²) in [5.41, 5.74) is 2.43. The van der Waals surface area contributed by atoms with Gasteiger partial charge in [-0.15, -0.1) is 0 Å². The molecular weight excluding hydrogens is 683 g/mol. The van der Waals surface area contributed by atoms with Gasteiger partial charge in [-0.2, -0.15) is 4.37 Å². The van der Waals surface area contributed by atoms with Gasteiger partial charge in [0.25, 0.3) is 0 Å². The van der Waals surface area contributed by atoms with Crippen LogP contribution in [-0.2, 0) is 22.9 Å². The van der Waals surface area contributed by atoms with Crippen molar-refractivity contribution in [3.63, 3.8) is 0 Å². The molecule has 0 aliphatic carbocycles. The van der Waals surface area contributed by atoms with E-state index in [0.717, 1.165) is 37.0 Å². The molecule has 12 heteroatoms. The van der Waals surface area contributed by atoms with Gasteiger partial charge >= 0.3 is 0 Å². The van der Waals surface area contributed by atoms with Crippen LogP contribution < -0.4 is 9.47 Å². The Morgan fingerprint density at radius 3 is 2.58 bits per heavy atom. The number of ether oxygens (including phenoxy) is 2. The van der Waals surface area contributed by atoms with Gasteiger partial charge in [-0.05, 0) is 64.3 Å². The van der Waals surface area contributed by atoms with Crippen molar-refractivity contribution in [2.24, 2.45) is 0 Å². The first kappa shape index (κ1) is 28.7. The normalized spacial score (nSPS) is 12.4. The molecule has 0 fully saturated rings. The van der Waals surface area contributed by atoms with Crippen LogP contribution in [0.5, 0.6) is 11.6 Å². The third-order valence-electron chi connectivity index (χ3n) is 6.16. The highest BCUT2D eigenvalue weighted by Gasteiger charge is 2.19. The van der Waals surface area contributed by atoms with Gasteiger partial charge in [-0.25, -0.2) is 23.4 Å². The summed E-state index contributed by atoms with van der Waals surface area (Å²) in [6, 6.07) is 14.5. The Kier molecular flexibility index (Phi) is 8.83. The molecule has 0 amide bonds. The minimum Gasteiger partial charge on any atom is -0.489 e. The van der Waals surface area contributed by atoms with E-state index in [1.165, 1.54) is 17.8 Å². The van der Waals surface area contributed by atoms with Crippen LogP contribution in [0, 0.1) is 3.57 Å². The molecule has 1 atom stereocenters. The maximum Gasteiger partial charge on any atom is 0.234 e. The summed E-state index contributed by atoms with van der Waals surface area (Å²) in [5, 5.41) is 1.32. The standard InChI is InChI=1S/C28H24ClIN4O4S2/c1-3-20(38-28-24-23(39-34-28)15-31-26(29)25(24)30)11-18-7-4-5-10-22(18)37-16-17-13-32-27(33-14-17)19-8-6-9-21(12-19)40(2,35)36/h4-10,12-15,20H,3,11,16H2,1-2H3/t20-/m0/s1. The first-order valence-electron chi connectivity index (χ1n) is 12.3. The lowest BCUT2D eigenvalue weighted by molar-refractivity contribution is 0.191. The molecule has 5 rings (SSSR count). The van der Waals surface area contributed by atoms with Crippen molar-refractivity contribution in [2.45, 2.75) is 37.4 Å². The number of sulfone groups is 1. The maximum absolute atomic E-state index is 11.9. The molecule has 0 N–H and O–H groups in total. The van der Waals surface area contributed by atoms with Gasteiger partial charge in [0.2, 0.25) is 5.88 Å². The second-order valence-corrected chi connectivity index (χ2v) is 13.3. The highest BCUT2D eigenvalue weighted by atomic mass is 127. The van der Waals surface area contributed by atoms with E-state index in [1.807, 2.05) is 24.3 Å². The van der Waals surface area contributed by atoms with E-state index in [0.29, 0.717) is 28.8 Å². The maximum atomic E-state index is 11.9. The van der Waals surface area contributed by atoms with E-state index in [9.17, 15) is 8.42 Å². The number of rotatable bonds is 10. The van der Waals surface area contributed by atoms with E-state index in [-0.39, 0.29) is 17.6 Å². The summed E-state index contributed by atoms with van der Waals surface area (Å²) < 4.78 is 42.6. The number of benzene rings is 2. The van der Waals surface area contributed by atoms with Crippen molar-refractivity contribution in [1.82, 2.24) is 19.3 Å².